The summed E-state index contributed by atoms with van der Waals surface area (Å²) < 4.78 is 11.3. The summed E-state index contributed by atoms with van der Waals surface area (Å²) in [6.45, 7) is 4.66. The molecule has 1 aliphatic rings. The molecule has 0 atom stereocenters. The lowest BCUT2D eigenvalue weighted by molar-refractivity contribution is -0.487. The highest BCUT2D eigenvalue weighted by Gasteiger charge is 2.28. The number of hydrogen-bond acceptors (Lipinski definition) is 6. The normalized spacial score (nSPS) is 17.5. The van der Waals surface area contributed by atoms with Gasteiger partial charge in [0.1, 0.15) is 25.3 Å². The molecule has 0 spiro atoms. The van der Waals surface area contributed by atoms with Gasteiger partial charge in [-0.05, 0) is 13.8 Å². The molecule has 0 saturated carbocycles. The minimum atomic E-state index is -0.727. The van der Waals surface area contributed by atoms with Crippen LogP contribution in [0.5, 0.6) is 0 Å². The minimum absolute atomic E-state index is 0.00691. The Balaban J connectivity index is 2.13. The molecule has 2 rings (SSSR count). The van der Waals surface area contributed by atoms with E-state index in [1.807, 2.05) is 13.8 Å². The first-order valence-electron chi connectivity index (χ1n) is 6.48. The summed E-state index contributed by atoms with van der Waals surface area (Å²) >= 11 is 7.11. The van der Waals surface area contributed by atoms with Crippen molar-refractivity contribution < 1.29 is 14.5 Å². The number of nitrogens with zero attached hydrogens (tertiary/aromatic N) is 5. The van der Waals surface area contributed by atoms with E-state index in [-0.39, 0.29) is 32.3 Å². The third-order valence-corrected chi connectivity index (χ3v) is 3.77. The molecule has 22 heavy (non-hydrogen) atoms. The maximum Gasteiger partial charge on any atom is 0.279 e. The van der Waals surface area contributed by atoms with Crippen LogP contribution in [-0.4, -0.2) is 52.1 Å². The van der Waals surface area contributed by atoms with Gasteiger partial charge in [0, 0.05) is 11.1 Å². The largest absolute Gasteiger partial charge is 0.358 e. The molecule has 0 unspecified atom stereocenters. The van der Waals surface area contributed by atoms with Crippen LogP contribution in [0.2, 0.25) is 4.47 Å². The Labute approximate surface area is 136 Å². The second-order valence-electron chi connectivity index (χ2n) is 4.76. The zero-order valence-corrected chi connectivity index (χ0v) is 13.7. The zero-order chi connectivity index (χ0) is 16.1. The minimum Gasteiger partial charge on any atom is -0.358 e. The summed E-state index contributed by atoms with van der Waals surface area (Å²) in [6, 6.07) is 0. The monoisotopic (exact) mass is 349 g/mol. The molecule has 0 aliphatic carbocycles. The Kier molecular flexibility index (Phi) is 5.89. The van der Waals surface area contributed by atoms with Crippen LogP contribution in [0, 0.1) is 10.1 Å². The highest BCUT2D eigenvalue weighted by molar-refractivity contribution is 7.15. The van der Waals surface area contributed by atoms with Gasteiger partial charge < -0.3 is 14.4 Å². The van der Waals surface area contributed by atoms with Crippen molar-refractivity contribution in [1.29, 1.82) is 0 Å². The second kappa shape index (κ2) is 7.68. The van der Waals surface area contributed by atoms with E-state index in [4.69, 9.17) is 21.1 Å². The average molecular weight is 350 g/mol. The molecule has 1 aliphatic heterocycles. The van der Waals surface area contributed by atoms with E-state index in [0.29, 0.717) is 11.0 Å². The molecule has 0 amide bonds. The summed E-state index contributed by atoms with van der Waals surface area (Å²) in [7, 11) is 0. The van der Waals surface area contributed by atoms with Crippen molar-refractivity contribution in [2.24, 2.45) is 5.10 Å². The SMILES string of the molecule is CC(C)OCN1COCN(Cc2cnc(Cl)s2)/C1=N\[N+](=O)[O-]. The lowest BCUT2D eigenvalue weighted by atomic mass is 10.4. The lowest BCUT2D eigenvalue weighted by Gasteiger charge is -2.36. The molecule has 0 radical (unpaired) electrons. The third kappa shape index (κ3) is 4.77. The van der Waals surface area contributed by atoms with Gasteiger partial charge in [-0.2, -0.15) is 0 Å². The maximum atomic E-state index is 10.8. The van der Waals surface area contributed by atoms with Crippen LogP contribution in [0.4, 0.5) is 0 Å². The van der Waals surface area contributed by atoms with Crippen LogP contribution in [-0.2, 0) is 16.0 Å². The molecule has 122 valence electrons. The fourth-order valence-electron chi connectivity index (χ4n) is 1.77. The van der Waals surface area contributed by atoms with E-state index in [2.05, 4.69) is 10.1 Å². The number of hydrogen-bond donors (Lipinski definition) is 0. The van der Waals surface area contributed by atoms with Crippen LogP contribution >= 0.6 is 22.9 Å². The first-order valence-corrected chi connectivity index (χ1v) is 7.67. The number of thiazole rings is 1. The predicted octanol–water partition coefficient (Wildman–Crippen LogP) is 1.78. The molecular formula is C11H16ClN5O4S. The Morgan fingerprint density at radius 2 is 2.32 bits per heavy atom. The fraction of sp³-hybridized carbons (Fsp3) is 0.636. The van der Waals surface area contributed by atoms with Crippen LogP contribution in [0.25, 0.3) is 0 Å². The van der Waals surface area contributed by atoms with Gasteiger partial charge in [-0.25, -0.2) is 15.1 Å². The van der Waals surface area contributed by atoms with E-state index in [0.717, 1.165) is 4.88 Å². The van der Waals surface area contributed by atoms with Crippen molar-refractivity contribution in [3.63, 3.8) is 0 Å². The molecule has 9 nitrogen and oxygen atoms in total. The molecule has 2 heterocycles. The molecule has 0 N–H and O–H groups in total. The molecule has 1 fully saturated rings. The average Bonchev–Trinajstić information content (AvgIpc) is 2.84. The molecule has 1 aromatic heterocycles. The van der Waals surface area contributed by atoms with Crippen LogP contribution in [0.15, 0.2) is 11.3 Å². The molecule has 11 heteroatoms. The number of hydrazone groups is 1. The number of aromatic nitrogens is 1. The van der Waals surface area contributed by atoms with Gasteiger partial charge in [0.25, 0.3) is 5.96 Å². The van der Waals surface area contributed by atoms with E-state index in [1.54, 1.807) is 16.0 Å². The van der Waals surface area contributed by atoms with Gasteiger partial charge in [-0.1, -0.05) is 11.6 Å². The van der Waals surface area contributed by atoms with E-state index < -0.39 is 5.03 Å². The Bertz CT molecular complexity index is 552. The Hall–Kier alpha value is -1.49. The number of nitro groups is 1. The summed E-state index contributed by atoms with van der Waals surface area (Å²) in [5.41, 5.74) is 0. The van der Waals surface area contributed by atoms with Gasteiger partial charge in [0.05, 0.1) is 12.6 Å². The maximum absolute atomic E-state index is 10.8. The molecule has 0 bridgehead atoms. The van der Waals surface area contributed by atoms with Gasteiger partial charge in [-0.15, -0.1) is 11.3 Å². The van der Waals surface area contributed by atoms with Crippen molar-refractivity contribution in [2.75, 3.05) is 20.2 Å². The molecular weight excluding hydrogens is 334 g/mol. The zero-order valence-electron chi connectivity index (χ0n) is 12.1. The first kappa shape index (κ1) is 16.9. The lowest BCUT2D eigenvalue weighted by Crippen LogP contribution is -2.52. The van der Waals surface area contributed by atoms with E-state index >= 15 is 0 Å². The van der Waals surface area contributed by atoms with Gasteiger partial charge in [-0.3, -0.25) is 4.90 Å². The van der Waals surface area contributed by atoms with Crippen molar-refractivity contribution >= 4 is 28.9 Å². The standard InChI is InChI=1S/C11H16ClN5O4S/c1-8(2)21-7-16-6-20-5-15(11(16)14-17(18)19)4-9-3-13-10(12)22-9/h3,8H,4-7H2,1-2H3/b14-11+. The fourth-order valence-corrected chi connectivity index (χ4v) is 2.77. The van der Waals surface area contributed by atoms with E-state index in [1.165, 1.54) is 11.3 Å². The summed E-state index contributed by atoms with van der Waals surface area (Å²) in [4.78, 5) is 18.8. The number of guanidine groups is 1. The second-order valence-corrected chi connectivity index (χ2v) is 6.46. The number of ether oxygens (including phenoxy) is 2. The third-order valence-electron chi connectivity index (χ3n) is 2.67. The van der Waals surface area contributed by atoms with Crippen molar-refractivity contribution in [3.05, 3.63) is 25.7 Å². The number of rotatable bonds is 6. The summed E-state index contributed by atoms with van der Waals surface area (Å²) in [5.74, 6) is 0.196. The smallest absolute Gasteiger partial charge is 0.279 e. The van der Waals surface area contributed by atoms with Gasteiger partial charge >= 0.3 is 0 Å². The highest BCUT2D eigenvalue weighted by Crippen LogP contribution is 2.21. The van der Waals surface area contributed by atoms with Gasteiger partial charge in [0.2, 0.25) is 0 Å². The molecule has 1 aromatic rings. The van der Waals surface area contributed by atoms with Crippen molar-refractivity contribution in [2.45, 2.75) is 26.5 Å². The molecule has 0 aromatic carbocycles. The van der Waals surface area contributed by atoms with Crippen LogP contribution < -0.4 is 0 Å². The summed E-state index contributed by atoms with van der Waals surface area (Å²) in [5, 5.41) is 13.5. The summed E-state index contributed by atoms with van der Waals surface area (Å²) in [6.07, 6.45) is 1.62. The topological polar surface area (TPSA) is 93.3 Å². The highest BCUT2D eigenvalue weighted by atomic mass is 35.5. The predicted molar refractivity (Wildman–Crippen MR) is 80.8 cm³/mol. The van der Waals surface area contributed by atoms with Crippen molar-refractivity contribution in [3.8, 4) is 0 Å². The van der Waals surface area contributed by atoms with Crippen LogP contribution in [0.3, 0.4) is 0 Å². The Morgan fingerprint density at radius 3 is 2.91 bits per heavy atom. The quantitative estimate of drug-likeness (QED) is 0.570. The first-order chi connectivity index (χ1) is 10.5. The van der Waals surface area contributed by atoms with Crippen molar-refractivity contribution in [1.82, 2.24) is 14.8 Å². The Morgan fingerprint density at radius 1 is 1.59 bits per heavy atom. The molecule has 1 saturated heterocycles. The van der Waals surface area contributed by atoms with Crippen LogP contribution in [0.1, 0.15) is 18.7 Å². The van der Waals surface area contributed by atoms with Gasteiger partial charge in [0.15, 0.2) is 9.50 Å². The van der Waals surface area contributed by atoms with E-state index in [9.17, 15) is 10.1 Å². The number of halogens is 1.